The molecule has 0 aliphatic heterocycles. The Balaban J connectivity index is 1.93. The van der Waals surface area contributed by atoms with Crippen molar-refractivity contribution in [3.8, 4) is 11.5 Å². The van der Waals surface area contributed by atoms with E-state index in [9.17, 15) is 9.59 Å². The van der Waals surface area contributed by atoms with Crippen LogP contribution < -0.4 is 9.47 Å². The average molecular weight is 374 g/mol. The molecule has 0 saturated carbocycles. The number of hydrogen-bond acceptors (Lipinski definition) is 4. The maximum atomic E-state index is 12.5. The van der Waals surface area contributed by atoms with Crippen LogP contribution in [0.2, 0.25) is 0 Å². The van der Waals surface area contributed by atoms with Gasteiger partial charge < -0.3 is 9.47 Å². The maximum absolute atomic E-state index is 12.5. The SMILES string of the molecule is CCCc1cc(C)c(OC(=O)c2ccccc2)c(OC(=O)c2ccccc2)c1. The van der Waals surface area contributed by atoms with Gasteiger partial charge in [0, 0.05) is 0 Å². The second-order valence-electron chi connectivity index (χ2n) is 6.50. The van der Waals surface area contributed by atoms with Gasteiger partial charge in [0.1, 0.15) is 0 Å². The van der Waals surface area contributed by atoms with Gasteiger partial charge in [0.2, 0.25) is 0 Å². The van der Waals surface area contributed by atoms with Crippen LogP contribution in [-0.2, 0) is 6.42 Å². The molecule has 4 nitrogen and oxygen atoms in total. The molecule has 3 aromatic carbocycles. The largest absolute Gasteiger partial charge is 0.419 e. The lowest BCUT2D eigenvalue weighted by atomic mass is 10.1. The predicted octanol–water partition coefficient (Wildman–Crippen LogP) is 5.39. The monoisotopic (exact) mass is 374 g/mol. The van der Waals surface area contributed by atoms with Crippen molar-refractivity contribution in [2.45, 2.75) is 26.7 Å². The Morgan fingerprint density at radius 1 is 0.786 bits per heavy atom. The van der Waals surface area contributed by atoms with Gasteiger partial charge in [-0.15, -0.1) is 0 Å². The molecule has 0 heterocycles. The fourth-order valence-corrected chi connectivity index (χ4v) is 2.91. The van der Waals surface area contributed by atoms with Gasteiger partial charge in [0.05, 0.1) is 11.1 Å². The molecule has 0 unspecified atom stereocenters. The lowest BCUT2D eigenvalue weighted by Gasteiger charge is -2.15. The zero-order valence-corrected chi connectivity index (χ0v) is 16.0. The average Bonchev–Trinajstić information content (AvgIpc) is 2.72. The molecule has 0 aromatic heterocycles. The van der Waals surface area contributed by atoms with Crippen LogP contribution in [0.1, 0.15) is 45.2 Å². The number of carbonyl (C=O) groups excluding carboxylic acids is 2. The highest BCUT2D eigenvalue weighted by molar-refractivity contribution is 5.93. The summed E-state index contributed by atoms with van der Waals surface area (Å²) in [6, 6.07) is 21.2. The molecule has 142 valence electrons. The molecule has 0 saturated heterocycles. The minimum atomic E-state index is -0.496. The van der Waals surface area contributed by atoms with E-state index in [4.69, 9.17) is 9.47 Å². The summed E-state index contributed by atoms with van der Waals surface area (Å²) in [5, 5.41) is 0. The minimum Gasteiger partial charge on any atom is -0.419 e. The molecule has 4 heteroatoms. The van der Waals surface area contributed by atoms with Gasteiger partial charge in [-0.3, -0.25) is 0 Å². The molecule has 0 radical (unpaired) electrons. The third-order valence-electron chi connectivity index (χ3n) is 4.26. The topological polar surface area (TPSA) is 52.6 Å². The normalized spacial score (nSPS) is 10.4. The highest BCUT2D eigenvalue weighted by atomic mass is 16.6. The molecule has 0 N–H and O–H groups in total. The third kappa shape index (κ3) is 4.65. The number of hydrogen-bond donors (Lipinski definition) is 0. The first kappa shape index (κ1) is 19.4. The van der Waals surface area contributed by atoms with Crippen molar-refractivity contribution in [3.05, 3.63) is 95.1 Å². The van der Waals surface area contributed by atoms with Crippen molar-refractivity contribution < 1.29 is 19.1 Å². The Hall–Kier alpha value is -3.40. The van der Waals surface area contributed by atoms with Crippen LogP contribution in [0.25, 0.3) is 0 Å². The highest BCUT2D eigenvalue weighted by Crippen LogP contribution is 2.34. The van der Waals surface area contributed by atoms with Crippen molar-refractivity contribution in [1.82, 2.24) is 0 Å². The Morgan fingerprint density at radius 3 is 1.86 bits per heavy atom. The quantitative estimate of drug-likeness (QED) is 0.429. The van der Waals surface area contributed by atoms with Crippen molar-refractivity contribution in [1.29, 1.82) is 0 Å². The molecule has 0 spiro atoms. The van der Waals surface area contributed by atoms with Crippen molar-refractivity contribution in [2.75, 3.05) is 0 Å². The molecule has 28 heavy (non-hydrogen) atoms. The zero-order chi connectivity index (χ0) is 19.9. The van der Waals surface area contributed by atoms with Gasteiger partial charge >= 0.3 is 11.9 Å². The summed E-state index contributed by atoms with van der Waals surface area (Å²) in [4.78, 5) is 25.1. The first-order valence-electron chi connectivity index (χ1n) is 9.26. The number of ether oxygens (including phenoxy) is 2. The van der Waals surface area contributed by atoms with E-state index < -0.39 is 11.9 Å². The van der Waals surface area contributed by atoms with E-state index in [1.807, 2.05) is 25.1 Å². The summed E-state index contributed by atoms with van der Waals surface area (Å²) in [7, 11) is 0. The Kier molecular flexibility index (Phi) is 6.22. The van der Waals surface area contributed by atoms with Crippen molar-refractivity contribution >= 4 is 11.9 Å². The molecule has 3 aromatic rings. The van der Waals surface area contributed by atoms with Crippen molar-refractivity contribution in [2.24, 2.45) is 0 Å². The second-order valence-corrected chi connectivity index (χ2v) is 6.50. The fourth-order valence-electron chi connectivity index (χ4n) is 2.91. The van der Waals surface area contributed by atoms with Crippen LogP contribution in [0.3, 0.4) is 0 Å². The molecular formula is C24H22O4. The molecule has 0 amide bonds. The molecular weight excluding hydrogens is 352 g/mol. The van der Waals surface area contributed by atoms with E-state index in [0.29, 0.717) is 11.1 Å². The number of benzene rings is 3. The van der Waals surface area contributed by atoms with E-state index in [-0.39, 0.29) is 11.5 Å². The van der Waals surface area contributed by atoms with Gasteiger partial charge in [-0.25, -0.2) is 9.59 Å². The van der Waals surface area contributed by atoms with E-state index in [0.717, 1.165) is 24.0 Å². The summed E-state index contributed by atoms with van der Waals surface area (Å²) in [5.41, 5.74) is 2.63. The fraction of sp³-hybridized carbons (Fsp3) is 0.167. The van der Waals surface area contributed by atoms with Crippen LogP contribution in [0.4, 0.5) is 0 Å². The van der Waals surface area contributed by atoms with Gasteiger partial charge in [-0.05, 0) is 54.8 Å². The van der Waals surface area contributed by atoms with Crippen LogP contribution in [-0.4, -0.2) is 11.9 Å². The Morgan fingerprint density at radius 2 is 1.32 bits per heavy atom. The van der Waals surface area contributed by atoms with Crippen LogP contribution in [0.15, 0.2) is 72.8 Å². The molecule has 0 bridgehead atoms. The lowest BCUT2D eigenvalue weighted by molar-refractivity contribution is 0.0681. The van der Waals surface area contributed by atoms with E-state index >= 15 is 0 Å². The maximum Gasteiger partial charge on any atom is 0.343 e. The summed E-state index contributed by atoms with van der Waals surface area (Å²) >= 11 is 0. The highest BCUT2D eigenvalue weighted by Gasteiger charge is 2.19. The standard InChI is InChI=1S/C24H22O4/c1-3-10-18-15-17(2)22(28-24(26)20-13-8-5-9-14-20)21(16-18)27-23(25)19-11-6-4-7-12-19/h4-9,11-16H,3,10H2,1-2H3. The van der Waals surface area contributed by atoms with E-state index in [1.165, 1.54) is 0 Å². The van der Waals surface area contributed by atoms with E-state index in [1.54, 1.807) is 54.6 Å². The summed E-state index contributed by atoms with van der Waals surface area (Å²) in [5.74, 6) is -0.478. The number of rotatable bonds is 6. The Labute approximate surface area is 164 Å². The number of aryl methyl sites for hydroxylation is 2. The molecule has 0 aliphatic carbocycles. The van der Waals surface area contributed by atoms with Gasteiger partial charge in [0.15, 0.2) is 11.5 Å². The van der Waals surface area contributed by atoms with Gasteiger partial charge in [0.25, 0.3) is 0 Å². The summed E-state index contributed by atoms with van der Waals surface area (Å²) in [6.07, 6.45) is 1.79. The molecule has 3 rings (SSSR count). The third-order valence-corrected chi connectivity index (χ3v) is 4.26. The molecule has 0 atom stereocenters. The van der Waals surface area contributed by atoms with Crippen molar-refractivity contribution in [3.63, 3.8) is 0 Å². The Bertz CT molecular complexity index is 963. The minimum absolute atomic E-state index is 0.251. The predicted molar refractivity (Wildman–Crippen MR) is 108 cm³/mol. The van der Waals surface area contributed by atoms with Gasteiger partial charge in [-0.1, -0.05) is 55.8 Å². The molecule has 0 fully saturated rings. The van der Waals surface area contributed by atoms with Crippen LogP contribution in [0.5, 0.6) is 11.5 Å². The first-order chi connectivity index (χ1) is 13.6. The summed E-state index contributed by atoms with van der Waals surface area (Å²) in [6.45, 7) is 3.92. The number of esters is 2. The van der Waals surface area contributed by atoms with Crippen LogP contribution in [0, 0.1) is 6.92 Å². The van der Waals surface area contributed by atoms with Gasteiger partial charge in [-0.2, -0.15) is 0 Å². The summed E-state index contributed by atoms with van der Waals surface area (Å²) < 4.78 is 11.2. The number of carbonyl (C=O) groups is 2. The second kappa shape index (κ2) is 9.00. The zero-order valence-electron chi connectivity index (χ0n) is 16.0. The molecule has 0 aliphatic rings. The first-order valence-corrected chi connectivity index (χ1v) is 9.26. The lowest BCUT2D eigenvalue weighted by Crippen LogP contribution is -2.13. The van der Waals surface area contributed by atoms with Crippen LogP contribution >= 0.6 is 0 Å². The smallest absolute Gasteiger partial charge is 0.343 e. The van der Waals surface area contributed by atoms with E-state index in [2.05, 4.69) is 6.92 Å².